The van der Waals surface area contributed by atoms with Crippen molar-refractivity contribution in [2.24, 2.45) is 7.05 Å². The first kappa shape index (κ1) is 13.4. The van der Waals surface area contributed by atoms with E-state index in [-0.39, 0.29) is 12.2 Å². The molecule has 0 atom stereocenters. The fourth-order valence-corrected chi connectivity index (χ4v) is 1.99. The maximum Gasteiger partial charge on any atom is 0.170 e. The van der Waals surface area contributed by atoms with E-state index in [9.17, 15) is 4.79 Å². The van der Waals surface area contributed by atoms with E-state index in [1.54, 1.807) is 11.7 Å². The Morgan fingerprint density at radius 2 is 2.16 bits per heavy atom. The van der Waals surface area contributed by atoms with E-state index in [1.165, 1.54) is 6.33 Å². The van der Waals surface area contributed by atoms with Gasteiger partial charge in [0.05, 0.1) is 6.42 Å². The predicted molar refractivity (Wildman–Crippen MR) is 73.1 cm³/mol. The first-order valence-electron chi connectivity index (χ1n) is 6.31. The number of likely N-dealkylation sites (N-methyl/N-ethyl adjacent to an activating group) is 1. The van der Waals surface area contributed by atoms with Crippen LogP contribution in [0.4, 0.5) is 0 Å². The number of hydrogen-bond acceptors (Lipinski definition) is 4. The number of rotatable bonds is 6. The summed E-state index contributed by atoms with van der Waals surface area (Å²) in [6.45, 7) is 0.855. The van der Waals surface area contributed by atoms with E-state index in [2.05, 4.69) is 15.4 Å². The molecular weight excluding hydrogens is 240 g/mol. The molecule has 0 radical (unpaired) electrons. The standard InChI is InChI=1S/C14H18N4O/c1-15-8-7-11-5-3-4-6-12(11)13(19)9-14-16-10-17-18(14)2/h3-6,10,15H,7-9H2,1-2H3. The van der Waals surface area contributed by atoms with Gasteiger partial charge in [-0.1, -0.05) is 24.3 Å². The average molecular weight is 258 g/mol. The summed E-state index contributed by atoms with van der Waals surface area (Å²) in [5.41, 5.74) is 1.85. The minimum absolute atomic E-state index is 0.0859. The maximum atomic E-state index is 12.3. The van der Waals surface area contributed by atoms with Gasteiger partial charge in [0.25, 0.3) is 0 Å². The number of benzene rings is 1. The van der Waals surface area contributed by atoms with E-state index in [4.69, 9.17) is 0 Å². The van der Waals surface area contributed by atoms with Gasteiger partial charge in [-0.25, -0.2) is 4.98 Å². The summed E-state index contributed by atoms with van der Waals surface area (Å²) in [6, 6.07) is 7.74. The molecule has 5 heteroatoms. The number of aromatic nitrogens is 3. The molecule has 100 valence electrons. The summed E-state index contributed by atoms with van der Waals surface area (Å²) < 4.78 is 1.63. The fraction of sp³-hybridized carbons (Fsp3) is 0.357. The lowest BCUT2D eigenvalue weighted by molar-refractivity contribution is 0.0988. The second-order valence-electron chi connectivity index (χ2n) is 4.41. The Morgan fingerprint density at radius 3 is 2.84 bits per heavy atom. The van der Waals surface area contributed by atoms with Gasteiger partial charge in [0.1, 0.15) is 12.2 Å². The molecule has 1 aromatic heterocycles. The molecule has 0 aliphatic carbocycles. The number of nitrogens with zero attached hydrogens (tertiary/aromatic N) is 3. The normalized spacial score (nSPS) is 10.6. The topological polar surface area (TPSA) is 59.8 Å². The monoisotopic (exact) mass is 258 g/mol. The van der Waals surface area contributed by atoms with Crippen LogP contribution < -0.4 is 5.32 Å². The van der Waals surface area contributed by atoms with Gasteiger partial charge in [-0.15, -0.1) is 0 Å². The summed E-state index contributed by atoms with van der Waals surface area (Å²) in [5.74, 6) is 0.774. The maximum absolute atomic E-state index is 12.3. The third-order valence-corrected chi connectivity index (χ3v) is 3.09. The molecule has 2 aromatic rings. The highest BCUT2D eigenvalue weighted by Gasteiger charge is 2.13. The van der Waals surface area contributed by atoms with Crippen molar-refractivity contribution in [3.8, 4) is 0 Å². The Labute approximate surface area is 112 Å². The molecule has 5 nitrogen and oxygen atoms in total. The summed E-state index contributed by atoms with van der Waals surface area (Å²) in [4.78, 5) is 16.4. The van der Waals surface area contributed by atoms with Crippen LogP contribution >= 0.6 is 0 Å². The number of nitrogens with one attached hydrogen (secondary N) is 1. The van der Waals surface area contributed by atoms with Gasteiger partial charge in [0, 0.05) is 12.6 Å². The van der Waals surface area contributed by atoms with E-state index >= 15 is 0 Å². The van der Waals surface area contributed by atoms with Crippen LogP contribution in [0, 0.1) is 0 Å². The molecule has 0 aliphatic heterocycles. The van der Waals surface area contributed by atoms with Gasteiger partial charge < -0.3 is 5.32 Å². The molecule has 0 fully saturated rings. The highest BCUT2D eigenvalue weighted by Crippen LogP contribution is 2.12. The first-order valence-corrected chi connectivity index (χ1v) is 6.31. The smallest absolute Gasteiger partial charge is 0.170 e. The Bertz CT molecular complexity index is 562. The van der Waals surface area contributed by atoms with Crippen LogP contribution in [0.15, 0.2) is 30.6 Å². The lowest BCUT2D eigenvalue weighted by Gasteiger charge is -2.08. The van der Waals surface area contributed by atoms with Crippen molar-refractivity contribution in [2.45, 2.75) is 12.8 Å². The van der Waals surface area contributed by atoms with Crippen LogP contribution in [-0.2, 0) is 19.9 Å². The quantitative estimate of drug-likeness (QED) is 0.785. The lowest BCUT2D eigenvalue weighted by atomic mass is 9.99. The fourth-order valence-electron chi connectivity index (χ4n) is 1.99. The van der Waals surface area contributed by atoms with E-state index in [1.807, 2.05) is 31.3 Å². The molecule has 19 heavy (non-hydrogen) atoms. The van der Waals surface area contributed by atoms with E-state index in [0.717, 1.165) is 24.1 Å². The zero-order valence-corrected chi connectivity index (χ0v) is 11.3. The molecule has 2 rings (SSSR count). The van der Waals surface area contributed by atoms with Crippen LogP contribution in [0.25, 0.3) is 0 Å². The van der Waals surface area contributed by atoms with Gasteiger partial charge >= 0.3 is 0 Å². The number of carbonyl (C=O) groups is 1. The summed E-state index contributed by atoms with van der Waals surface area (Å²) in [5, 5.41) is 7.08. The molecule has 0 saturated heterocycles. The Morgan fingerprint density at radius 1 is 1.37 bits per heavy atom. The minimum Gasteiger partial charge on any atom is -0.319 e. The Balaban J connectivity index is 2.17. The largest absolute Gasteiger partial charge is 0.319 e. The van der Waals surface area contributed by atoms with Gasteiger partial charge in [0.15, 0.2) is 5.78 Å². The number of hydrogen-bond donors (Lipinski definition) is 1. The van der Waals surface area contributed by atoms with Crippen molar-refractivity contribution in [1.82, 2.24) is 20.1 Å². The molecule has 0 spiro atoms. The van der Waals surface area contributed by atoms with Crippen LogP contribution in [0.3, 0.4) is 0 Å². The van der Waals surface area contributed by atoms with Crippen LogP contribution in [0.5, 0.6) is 0 Å². The molecule has 0 saturated carbocycles. The molecule has 0 amide bonds. The highest BCUT2D eigenvalue weighted by atomic mass is 16.1. The van der Waals surface area contributed by atoms with Gasteiger partial charge in [0.2, 0.25) is 0 Å². The van der Waals surface area contributed by atoms with Gasteiger partial charge in [-0.3, -0.25) is 9.48 Å². The number of Topliss-reactive ketones (excluding diaryl/α,β-unsaturated/α-hetero) is 1. The molecule has 1 N–H and O–H groups in total. The molecule has 0 unspecified atom stereocenters. The van der Waals surface area contributed by atoms with Crippen LogP contribution in [-0.4, -0.2) is 34.1 Å². The molecule has 0 bridgehead atoms. The zero-order chi connectivity index (χ0) is 13.7. The van der Waals surface area contributed by atoms with Crippen molar-refractivity contribution >= 4 is 5.78 Å². The number of carbonyl (C=O) groups excluding carboxylic acids is 1. The SMILES string of the molecule is CNCCc1ccccc1C(=O)Cc1ncnn1C. The van der Waals surface area contributed by atoms with Crippen molar-refractivity contribution in [2.75, 3.05) is 13.6 Å². The van der Waals surface area contributed by atoms with Gasteiger partial charge in [-0.05, 0) is 25.6 Å². The predicted octanol–water partition coefficient (Wildman–Crippen LogP) is 1.00. The minimum atomic E-state index is 0.0859. The highest BCUT2D eigenvalue weighted by molar-refractivity contribution is 5.98. The third-order valence-electron chi connectivity index (χ3n) is 3.09. The Hall–Kier alpha value is -2.01. The van der Waals surface area contributed by atoms with Crippen molar-refractivity contribution in [3.63, 3.8) is 0 Å². The van der Waals surface area contributed by atoms with E-state index < -0.39 is 0 Å². The number of aryl methyl sites for hydroxylation is 1. The first-order chi connectivity index (χ1) is 9.22. The molecular formula is C14H18N4O. The van der Waals surface area contributed by atoms with E-state index in [0.29, 0.717) is 5.82 Å². The Kier molecular flexibility index (Phi) is 4.41. The molecule has 0 aliphatic rings. The summed E-state index contributed by atoms with van der Waals surface area (Å²) >= 11 is 0. The number of ketones is 1. The second-order valence-corrected chi connectivity index (χ2v) is 4.41. The average Bonchev–Trinajstić information content (AvgIpc) is 2.82. The molecule has 1 heterocycles. The lowest BCUT2D eigenvalue weighted by Crippen LogP contribution is -2.15. The van der Waals surface area contributed by atoms with Crippen molar-refractivity contribution in [1.29, 1.82) is 0 Å². The van der Waals surface area contributed by atoms with Gasteiger partial charge in [-0.2, -0.15) is 5.10 Å². The zero-order valence-electron chi connectivity index (χ0n) is 11.3. The van der Waals surface area contributed by atoms with Crippen molar-refractivity contribution in [3.05, 3.63) is 47.5 Å². The van der Waals surface area contributed by atoms with Crippen LogP contribution in [0.1, 0.15) is 21.7 Å². The second kappa shape index (κ2) is 6.24. The summed E-state index contributed by atoms with van der Waals surface area (Å²) in [7, 11) is 3.70. The molecule has 1 aromatic carbocycles. The van der Waals surface area contributed by atoms with Crippen molar-refractivity contribution < 1.29 is 4.79 Å². The summed E-state index contributed by atoms with van der Waals surface area (Å²) in [6.07, 6.45) is 2.60. The van der Waals surface area contributed by atoms with Crippen LogP contribution in [0.2, 0.25) is 0 Å². The third kappa shape index (κ3) is 3.26.